The number of alkyl halides is 2. The third-order valence-corrected chi connectivity index (χ3v) is 6.27. The van der Waals surface area contributed by atoms with E-state index in [4.69, 9.17) is 0 Å². The minimum absolute atomic E-state index is 0.113. The Morgan fingerprint density at radius 2 is 1.70 bits per heavy atom. The zero-order valence-electron chi connectivity index (χ0n) is 15.2. The summed E-state index contributed by atoms with van der Waals surface area (Å²) in [5.74, 6) is 1.21. The first-order valence-electron chi connectivity index (χ1n) is 9.65. The van der Waals surface area contributed by atoms with Gasteiger partial charge in [0.15, 0.2) is 0 Å². The summed E-state index contributed by atoms with van der Waals surface area (Å²) in [4.78, 5) is 29.0. The number of benzene rings is 1. The summed E-state index contributed by atoms with van der Waals surface area (Å²) in [6, 6.07) is 6.04. The van der Waals surface area contributed by atoms with Crippen LogP contribution in [0.15, 0.2) is 24.3 Å². The number of ether oxygens (including phenoxy) is 1. The lowest BCUT2D eigenvalue weighted by atomic mass is 9.87. The van der Waals surface area contributed by atoms with Crippen LogP contribution in [0.4, 0.5) is 8.78 Å². The third-order valence-electron chi connectivity index (χ3n) is 6.27. The van der Waals surface area contributed by atoms with Crippen LogP contribution in [-0.2, 0) is 4.79 Å². The molecule has 1 aromatic rings. The smallest absolute Gasteiger partial charge is 0.387 e. The van der Waals surface area contributed by atoms with E-state index in [9.17, 15) is 18.4 Å². The average Bonchev–Trinajstić information content (AvgIpc) is 3.30. The van der Waals surface area contributed by atoms with Crippen LogP contribution in [0, 0.1) is 17.8 Å². The molecule has 2 amide bonds. The van der Waals surface area contributed by atoms with E-state index in [1.165, 1.54) is 31.4 Å². The number of hydrogen-bond acceptors (Lipinski definition) is 3. The van der Waals surface area contributed by atoms with Gasteiger partial charge in [-0.15, -0.1) is 0 Å². The number of rotatable bonds is 4. The Kier molecular flexibility index (Phi) is 5.02. The Balaban J connectivity index is 1.37. The highest BCUT2D eigenvalue weighted by atomic mass is 19.3. The van der Waals surface area contributed by atoms with E-state index in [-0.39, 0.29) is 29.0 Å². The molecule has 1 aromatic carbocycles. The Hall–Kier alpha value is -2.18. The van der Waals surface area contributed by atoms with E-state index < -0.39 is 6.61 Å². The highest BCUT2D eigenvalue weighted by Crippen LogP contribution is 2.48. The molecule has 1 saturated heterocycles. The number of para-hydroxylation sites is 1. The zero-order valence-corrected chi connectivity index (χ0v) is 15.2. The summed E-state index contributed by atoms with van der Waals surface area (Å²) in [5.41, 5.74) is 0.130. The molecule has 1 aliphatic heterocycles. The van der Waals surface area contributed by atoms with Crippen LogP contribution < -0.4 is 4.74 Å². The lowest BCUT2D eigenvalue weighted by Crippen LogP contribution is -2.52. The van der Waals surface area contributed by atoms with Gasteiger partial charge in [-0.05, 0) is 43.2 Å². The highest BCUT2D eigenvalue weighted by Gasteiger charge is 2.44. The monoisotopic (exact) mass is 378 g/mol. The first-order chi connectivity index (χ1) is 13.0. The number of amides is 2. The molecule has 4 rings (SSSR count). The normalized spacial score (nSPS) is 27.3. The van der Waals surface area contributed by atoms with Crippen molar-refractivity contribution in [3.63, 3.8) is 0 Å². The zero-order chi connectivity index (χ0) is 19.0. The number of carbonyl (C=O) groups excluding carboxylic acids is 2. The Labute approximate surface area is 157 Å². The molecule has 3 atom stereocenters. The lowest BCUT2D eigenvalue weighted by molar-refractivity contribution is -0.138. The van der Waals surface area contributed by atoms with E-state index in [1.54, 1.807) is 17.0 Å². The van der Waals surface area contributed by atoms with E-state index in [2.05, 4.69) is 4.74 Å². The predicted octanol–water partition coefficient (Wildman–Crippen LogP) is 3.01. The van der Waals surface area contributed by atoms with Crippen LogP contribution >= 0.6 is 0 Å². The number of fused-ring (bicyclic) bond motifs is 2. The standard InChI is InChI=1S/C20H24F2N2O3/c21-20(22)27-17-4-2-1-3-15(17)18(25)23-7-9-24(10-8-23)19(26)16-12-13-5-6-14(16)11-13/h1-4,13-14,16,20H,5-12H2/t13-,14-,16+/m1/s1. The maximum absolute atomic E-state index is 12.8. The van der Waals surface area contributed by atoms with Crippen LogP contribution in [0.2, 0.25) is 0 Å². The SMILES string of the molecule is O=C(c1ccccc1OC(F)F)N1CCN(C(=O)[C@H]2C[C@@H]3CC[C@@H]2C3)CC1. The van der Waals surface area contributed by atoms with Crippen LogP contribution in [0.25, 0.3) is 0 Å². The van der Waals surface area contributed by atoms with Gasteiger partial charge in [0.25, 0.3) is 5.91 Å². The molecule has 5 nitrogen and oxygen atoms in total. The average molecular weight is 378 g/mol. The number of nitrogens with zero attached hydrogens (tertiary/aromatic N) is 2. The second-order valence-corrected chi connectivity index (χ2v) is 7.77. The molecule has 2 bridgehead atoms. The fraction of sp³-hybridized carbons (Fsp3) is 0.600. The van der Waals surface area contributed by atoms with E-state index in [1.807, 2.05) is 4.90 Å². The number of hydrogen-bond donors (Lipinski definition) is 0. The number of halogens is 2. The van der Waals surface area contributed by atoms with Crippen LogP contribution in [-0.4, -0.2) is 54.4 Å². The first kappa shape index (κ1) is 18.2. The summed E-state index contributed by atoms with van der Waals surface area (Å²) in [6.07, 6.45) is 4.63. The molecule has 2 aliphatic carbocycles. The fourth-order valence-corrected chi connectivity index (χ4v) is 4.92. The molecule has 1 heterocycles. The maximum atomic E-state index is 12.8. The molecule has 146 valence electrons. The summed E-state index contributed by atoms with van der Waals surface area (Å²) in [7, 11) is 0. The third kappa shape index (κ3) is 3.64. The molecule has 7 heteroatoms. The molecular formula is C20H24F2N2O3. The number of piperazine rings is 1. The molecular weight excluding hydrogens is 354 g/mol. The second kappa shape index (κ2) is 7.44. The minimum atomic E-state index is -2.98. The fourth-order valence-electron chi connectivity index (χ4n) is 4.92. The van der Waals surface area contributed by atoms with Gasteiger partial charge in [0.1, 0.15) is 5.75 Å². The van der Waals surface area contributed by atoms with Gasteiger partial charge in [0.2, 0.25) is 5.91 Å². The van der Waals surface area contributed by atoms with Crippen molar-refractivity contribution in [2.45, 2.75) is 32.3 Å². The van der Waals surface area contributed by atoms with Crippen LogP contribution in [0.1, 0.15) is 36.0 Å². The van der Waals surface area contributed by atoms with Crippen molar-refractivity contribution in [2.24, 2.45) is 17.8 Å². The summed E-state index contributed by atoms with van der Waals surface area (Å²) in [6.45, 7) is -1.16. The summed E-state index contributed by atoms with van der Waals surface area (Å²) < 4.78 is 29.6. The first-order valence-corrected chi connectivity index (χ1v) is 9.65. The second-order valence-electron chi connectivity index (χ2n) is 7.77. The number of carbonyl (C=O) groups is 2. The van der Waals surface area contributed by atoms with Gasteiger partial charge < -0.3 is 14.5 Å². The largest absolute Gasteiger partial charge is 0.434 e. The van der Waals surface area contributed by atoms with Gasteiger partial charge in [-0.3, -0.25) is 9.59 Å². The molecule has 27 heavy (non-hydrogen) atoms. The Morgan fingerprint density at radius 3 is 2.33 bits per heavy atom. The van der Waals surface area contributed by atoms with Crippen molar-refractivity contribution in [1.29, 1.82) is 0 Å². The Bertz CT molecular complexity index is 719. The maximum Gasteiger partial charge on any atom is 0.387 e. The predicted molar refractivity (Wildman–Crippen MR) is 94.5 cm³/mol. The molecule has 0 aromatic heterocycles. The van der Waals surface area contributed by atoms with Crippen LogP contribution in [0.5, 0.6) is 5.75 Å². The summed E-state index contributed by atoms with van der Waals surface area (Å²) in [5, 5.41) is 0. The molecule has 0 radical (unpaired) electrons. The summed E-state index contributed by atoms with van der Waals surface area (Å²) >= 11 is 0. The van der Waals surface area contributed by atoms with Crippen molar-refractivity contribution < 1.29 is 23.1 Å². The van der Waals surface area contributed by atoms with Gasteiger partial charge in [-0.1, -0.05) is 18.6 Å². The van der Waals surface area contributed by atoms with E-state index in [0.29, 0.717) is 32.1 Å². The van der Waals surface area contributed by atoms with Crippen molar-refractivity contribution in [3.8, 4) is 5.75 Å². The van der Waals surface area contributed by atoms with Gasteiger partial charge in [0.05, 0.1) is 5.56 Å². The van der Waals surface area contributed by atoms with Gasteiger partial charge in [-0.2, -0.15) is 8.78 Å². The molecule has 0 N–H and O–H groups in total. The molecule has 0 unspecified atom stereocenters. The molecule has 3 aliphatic rings. The Morgan fingerprint density at radius 1 is 1.00 bits per heavy atom. The highest BCUT2D eigenvalue weighted by molar-refractivity contribution is 5.97. The molecule has 2 saturated carbocycles. The molecule has 3 fully saturated rings. The van der Waals surface area contributed by atoms with Gasteiger partial charge in [-0.25, -0.2) is 0 Å². The van der Waals surface area contributed by atoms with E-state index >= 15 is 0 Å². The van der Waals surface area contributed by atoms with Crippen molar-refractivity contribution >= 4 is 11.8 Å². The van der Waals surface area contributed by atoms with Crippen molar-refractivity contribution in [3.05, 3.63) is 29.8 Å². The van der Waals surface area contributed by atoms with E-state index in [0.717, 1.165) is 12.3 Å². The molecule has 0 spiro atoms. The van der Waals surface area contributed by atoms with Gasteiger partial charge >= 0.3 is 6.61 Å². The van der Waals surface area contributed by atoms with Crippen LogP contribution in [0.3, 0.4) is 0 Å². The van der Waals surface area contributed by atoms with Crippen molar-refractivity contribution in [1.82, 2.24) is 9.80 Å². The minimum Gasteiger partial charge on any atom is -0.434 e. The van der Waals surface area contributed by atoms with Gasteiger partial charge in [0, 0.05) is 32.1 Å². The quantitative estimate of drug-likeness (QED) is 0.809. The lowest BCUT2D eigenvalue weighted by Gasteiger charge is -2.37. The van der Waals surface area contributed by atoms with Crippen molar-refractivity contribution in [2.75, 3.05) is 26.2 Å². The topological polar surface area (TPSA) is 49.9 Å².